The summed E-state index contributed by atoms with van der Waals surface area (Å²) in [5, 5.41) is 21.9. The van der Waals surface area contributed by atoms with E-state index in [1.54, 1.807) is 6.20 Å². The first-order valence-corrected chi connectivity index (χ1v) is 9.54. The standard InChI is InChI=1S/C18H26N6O2/c1-2-23-10-9-19-16(23)17(25)20-14-6-3-5-13(14)11-24-12-15(21-22-24)18(26)7-4-8-18/h9-10,12-14,26H,2-8,11H2,1H3,(H,20,25)/t13-,14-/m1/s1. The molecular formula is C18H26N6O2. The number of carbonyl (C=O) groups excluding carboxylic acids is 1. The fraction of sp³-hybridized carbons (Fsp3) is 0.667. The Morgan fingerprint density at radius 2 is 2.23 bits per heavy atom. The van der Waals surface area contributed by atoms with Crippen LogP contribution in [-0.4, -0.2) is 41.6 Å². The number of aromatic nitrogens is 5. The van der Waals surface area contributed by atoms with Crippen molar-refractivity contribution >= 4 is 5.91 Å². The number of aryl methyl sites for hydroxylation is 1. The van der Waals surface area contributed by atoms with Gasteiger partial charge in [-0.25, -0.2) is 4.98 Å². The molecule has 2 aromatic rings. The van der Waals surface area contributed by atoms with Crippen LogP contribution in [0.5, 0.6) is 0 Å². The molecule has 2 heterocycles. The van der Waals surface area contributed by atoms with Crippen molar-refractivity contribution in [3.05, 3.63) is 30.1 Å². The van der Waals surface area contributed by atoms with E-state index in [4.69, 9.17) is 0 Å². The predicted octanol–water partition coefficient (Wildman–Crippen LogP) is 1.46. The van der Waals surface area contributed by atoms with E-state index in [0.717, 1.165) is 45.1 Å². The first-order valence-electron chi connectivity index (χ1n) is 9.54. The molecule has 2 aromatic heterocycles. The molecular weight excluding hydrogens is 332 g/mol. The van der Waals surface area contributed by atoms with Gasteiger partial charge in [0, 0.05) is 31.5 Å². The number of nitrogens with zero attached hydrogens (tertiary/aromatic N) is 5. The van der Waals surface area contributed by atoms with Crippen LogP contribution < -0.4 is 5.32 Å². The topological polar surface area (TPSA) is 97.9 Å². The Kier molecular flexibility index (Phi) is 4.52. The largest absolute Gasteiger partial charge is 0.383 e. The number of hydrogen-bond acceptors (Lipinski definition) is 5. The van der Waals surface area contributed by atoms with Crippen molar-refractivity contribution in [2.45, 2.75) is 70.2 Å². The Bertz CT molecular complexity index is 778. The summed E-state index contributed by atoms with van der Waals surface area (Å²) in [4.78, 5) is 16.7. The van der Waals surface area contributed by atoms with Crippen molar-refractivity contribution in [2.75, 3.05) is 0 Å². The molecule has 0 aliphatic heterocycles. The number of hydrogen-bond donors (Lipinski definition) is 2. The highest BCUT2D eigenvalue weighted by Crippen LogP contribution is 2.39. The smallest absolute Gasteiger partial charge is 0.287 e. The summed E-state index contributed by atoms with van der Waals surface area (Å²) in [6.07, 6.45) is 11.0. The summed E-state index contributed by atoms with van der Waals surface area (Å²) >= 11 is 0. The second-order valence-corrected chi connectivity index (χ2v) is 7.52. The van der Waals surface area contributed by atoms with E-state index in [2.05, 4.69) is 20.6 Å². The highest BCUT2D eigenvalue weighted by atomic mass is 16.3. The molecule has 8 nitrogen and oxygen atoms in total. The first-order chi connectivity index (χ1) is 12.6. The summed E-state index contributed by atoms with van der Waals surface area (Å²) in [5.41, 5.74) is -0.106. The highest BCUT2D eigenvalue weighted by molar-refractivity contribution is 5.91. The van der Waals surface area contributed by atoms with Crippen LogP contribution in [0.15, 0.2) is 18.6 Å². The van der Waals surface area contributed by atoms with Crippen LogP contribution in [0, 0.1) is 5.92 Å². The summed E-state index contributed by atoms with van der Waals surface area (Å²) in [6, 6.07) is 0.115. The van der Waals surface area contributed by atoms with Crippen LogP contribution in [-0.2, 0) is 18.7 Å². The second kappa shape index (κ2) is 6.83. The third-order valence-corrected chi connectivity index (χ3v) is 5.85. The summed E-state index contributed by atoms with van der Waals surface area (Å²) in [5.74, 6) is 0.666. The number of rotatable bonds is 6. The van der Waals surface area contributed by atoms with Crippen LogP contribution >= 0.6 is 0 Å². The van der Waals surface area contributed by atoms with Gasteiger partial charge >= 0.3 is 0 Å². The van der Waals surface area contributed by atoms with E-state index >= 15 is 0 Å². The zero-order chi connectivity index (χ0) is 18.1. The minimum absolute atomic E-state index is 0.114. The SMILES string of the molecule is CCn1ccnc1C(=O)N[C@@H]1CCC[C@@H]1Cn1cc(C2(O)CCC2)nn1. The van der Waals surface area contributed by atoms with Crippen molar-refractivity contribution in [1.82, 2.24) is 29.9 Å². The fourth-order valence-electron chi connectivity index (χ4n) is 4.06. The van der Waals surface area contributed by atoms with E-state index < -0.39 is 5.60 Å². The molecule has 0 radical (unpaired) electrons. The predicted molar refractivity (Wildman–Crippen MR) is 94.3 cm³/mol. The monoisotopic (exact) mass is 358 g/mol. The van der Waals surface area contributed by atoms with Gasteiger partial charge in [-0.05, 0) is 44.9 Å². The molecule has 26 heavy (non-hydrogen) atoms. The summed E-state index contributed by atoms with van der Waals surface area (Å²) in [7, 11) is 0. The Morgan fingerprint density at radius 3 is 2.96 bits per heavy atom. The van der Waals surface area contributed by atoms with Crippen LogP contribution in [0.2, 0.25) is 0 Å². The molecule has 0 unspecified atom stereocenters. The second-order valence-electron chi connectivity index (χ2n) is 7.52. The average molecular weight is 358 g/mol. The van der Waals surface area contributed by atoms with Gasteiger partial charge in [-0.15, -0.1) is 5.10 Å². The van der Waals surface area contributed by atoms with Crippen molar-refractivity contribution in [1.29, 1.82) is 0 Å². The lowest BCUT2D eigenvalue weighted by molar-refractivity contribution is -0.0427. The number of imidazole rings is 1. The van der Waals surface area contributed by atoms with Crippen LogP contribution in [0.1, 0.15) is 61.8 Å². The lowest BCUT2D eigenvalue weighted by atomic mass is 9.78. The minimum Gasteiger partial charge on any atom is -0.383 e. The maximum Gasteiger partial charge on any atom is 0.287 e. The molecule has 0 bridgehead atoms. The molecule has 2 aliphatic carbocycles. The molecule has 2 N–H and O–H groups in total. The average Bonchev–Trinajstić information content (AvgIpc) is 3.34. The maximum absolute atomic E-state index is 12.6. The van der Waals surface area contributed by atoms with Gasteiger partial charge in [-0.3, -0.25) is 9.48 Å². The van der Waals surface area contributed by atoms with E-state index in [1.165, 1.54) is 0 Å². The Morgan fingerprint density at radius 1 is 1.38 bits per heavy atom. The first kappa shape index (κ1) is 17.2. The van der Waals surface area contributed by atoms with Gasteiger partial charge in [-0.1, -0.05) is 11.6 Å². The van der Waals surface area contributed by atoms with Crippen molar-refractivity contribution in [3.63, 3.8) is 0 Å². The molecule has 8 heteroatoms. The summed E-state index contributed by atoms with van der Waals surface area (Å²) in [6.45, 7) is 3.42. The molecule has 2 fully saturated rings. The van der Waals surface area contributed by atoms with Gasteiger partial charge in [0.2, 0.25) is 0 Å². The number of carbonyl (C=O) groups is 1. The molecule has 2 aliphatic rings. The van der Waals surface area contributed by atoms with Gasteiger partial charge in [0.25, 0.3) is 5.91 Å². The minimum atomic E-state index is -0.779. The van der Waals surface area contributed by atoms with Crippen LogP contribution in [0.25, 0.3) is 0 Å². The Labute approximate surface area is 152 Å². The molecule has 0 aromatic carbocycles. The molecule has 0 saturated heterocycles. The van der Waals surface area contributed by atoms with Crippen molar-refractivity contribution in [3.8, 4) is 0 Å². The quantitative estimate of drug-likeness (QED) is 0.815. The third-order valence-electron chi connectivity index (χ3n) is 5.85. The van der Waals surface area contributed by atoms with Gasteiger partial charge in [0.1, 0.15) is 11.3 Å². The van der Waals surface area contributed by atoms with Crippen LogP contribution in [0.3, 0.4) is 0 Å². The zero-order valence-electron chi connectivity index (χ0n) is 15.1. The normalized spacial score (nSPS) is 24.4. The van der Waals surface area contributed by atoms with Gasteiger partial charge < -0.3 is 15.0 Å². The number of aliphatic hydroxyl groups is 1. The number of nitrogens with one attached hydrogen (secondary N) is 1. The maximum atomic E-state index is 12.6. The molecule has 2 atom stereocenters. The molecule has 0 spiro atoms. The molecule has 140 valence electrons. The van der Waals surface area contributed by atoms with Gasteiger partial charge in [0.15, 0.2) is 5.82 Å². The van der Waals surface area contributed by atoms with Crippen LogP contribution in [0.4, 0.5) is 0 Å². The van der Waals surface area contributed by atoms with Gasteiger partial charge in [0.05, 0.1) is 6.20 Å². The Hall–Kier alpha value is -2.22. The van der Waals surface area contributed by atoms with E-state index in [0.29, 0.717) is 24.0 Å². The highest BCUT2D eigenvalue weighted by Gasteiger charge is 2.39. The van der Waals surface area contributed by atoms with Gasteiger partial charge in [-0.2, -0.15) is 0 Å². The lowest BCUT2D eigenvalue weighted by Crippen LogP contribution is -2.40. The van der Waals surface area contributed by atoms with Crippen molar-refractivity contribution < 1.29 is 9.90 Å². The zero-order valence-corrected chi connectivity index (χ0v) is 15.1. The fourth-order valence-corrected chi connectivity index (χ4v) is 4.06. The van der Waals surface area contributed by atoms with E-state index in [9.17, 15) is 9.90 Å². The van der Waals surface area contributed by atoms with E-state index in [-0.39, 0.29) is 11.9 Å². The summed E-state index contributed by atoms with van der Waals surface area (Å²) < 4.78 is 3.66. The number of amides is 1. The third kappa shape index (κ3) is 3.13. The molecule has 2 saturated carbocycles. The van der Waals surface area contributed by atoms with Crippen molar-refractivity contribution in [2.24, 2.45) is 5.92 Å². The van der Waals surface area contributed by atoms with E-state index in [1.807, 2.05) is 28.6 Å². The molecule has 1 amide bonds. The molecule has 4 rings (SSSR count). The Balaban J connectivity index is 1.40. The lowest BCUT2D eigenvalue weighted by Gasteiger charge is -2.34.